The molecule has 0 atom stereocenters. The Morgan fingerprint density at radius 1 is 1.31 bits per heavy atom. The Bertz CT molecular complexity index is 627. The molecule has 0 saturated heterocycles. The van der Waals surface area contributed by atoms with Gasteiger partial charge in [-0.15, -0.1) is 16.4 Å². The van der Waals surface area contributed by atoms with E-state index in [9.17, 15) is 0 Å². The number of fused-ring (bicyclic) bond motifs is 1. The highest BCUT2D eigenvalue weighted by atomic mass is 32.1. The second-order valence-corrected chi connectivity index (χ2v) is 4.30. The number of hydrogen-bond acceptors (Lipinski definition) is 5. The molecular weight excluding hydrogens is 222 g/mol. The Hall–Kier alpha value is -1.95. The summed E-state index contributed by atoms with van der Waals surface area (Å²) in [7, 11) is 0. The number of thiazole rings is 1. The minimum absolute atomic E-state index is 0.583. The molecule has 6 heteroatoms. The lowest BCUT2D eigenvalue weighted by atomic mass is 10.3. The number of nitrogens with two attached hydrogens (primary N) is 1. The summed E-state index contributed by atoms with van der Waals surface area (Å²) in [6, 6.07) is 7.85. The van der Waals surface area contributed by atoms with E-state index in [-0.39, 0.29) is 0 Å². The van der Waals surface area contributed by atoms with Crippen molar-refractivity contribution >= 4 is 27.5 Å². The van der Waals surface area contributed by atoms with Crippen LogP contribution in [0.1, 0.15) is 5.69 Å². The van der Waals surface area contributed by atoms with E-state index in [1.165, 1.54) is 11.3 Å². The van der Waals surface area contributed by atoms with E-state index >= 15 is 0 Å². The third kappa shape index (κ3) is 1.53. The van der Waals surface area contributed by atoms with Crippen molar-refractivity contribution < 1.29 is 0 Å². The topological polar surface area (TPSA) is 69.6 Å². The highest BCUT2D eigenvalue weighted by molar-refractivity contribution is 7.13. The van der Waals surface area contributed by atoms with Gasteiger partial charge in [0.2, 0.25) is 0 Å². The average Bonchev–Trinajstić information content (AvgIpc) is 2.87. The van der Waals surface area contributed by atoms with Gasteiger partial charge in [-0.3, -0.25) is 0 Å². The zero-order chi connectivity index (χ0) is 11.0. The van der Waals surface area contributed by atoms with Gasteiger partial charge < -0.3 is 5.73 Å². The molecule has 0 aliphatic heterocycles. The van der Waals surface area contributed by atoms with Crippen molar-refractivity contribution in [3.63, 3.8) is 0 Å². The Morgan fingerprint density at radius 3 is 3.00 bits per heavy atom. The van der Waals surface area contributed by atoms with Crippen molar-refractivity contribution in [3.05, 3.63) is 35.3 Å². The predicted molar refractivity (Wildman–Crippen MR) is 63.2 cm³/mol. The molecule has 80 valence electrons. The molecule has 0 spiro atoms. The standard InChI is InChI=1S/C10H9N5S/c11-10-12-7(6-16-10)5-15-9-4-2-1-3-8(9)13-14-15/h1-4,6H,5H2,(H2,11,12). The molecule has 3 aromatic rings. The summed E-state index contributed by atoms with van der Waals surface area (Å²) in [5.41, 5.74) is 8.40. The summed E-state index contributed by atoms with van der Waals surface area (Å²) >= 11 is 1.44. The lowest BCUT2D eigenvalue weighted by molar-refractivity contribution is 0.661. The average molecular weight is 231 g/mol. The number of para-hydroxylation sites is 1. The van der Waals surface area contributed by atoms with Gasteiger partial charge in [0.25, 0.3) is 0 Å². The monoisotopic (exact) mass is 231 g/mol. The van der Waals surface area contributed by atoms with Crippen LogP contribution >= 0.6 is 11.3 Å². The number of hydrogen-bond donors (Lipinski definition) is 1. The molecule has 5 nitrogen and oxygen atoms in total. The maximum absolute atomic E-state index is 5.58. The van der Waals surface area contributed by atoms with Gasteiger partial charge in [0.15, 0.2) is 5.13 Å². The van der Waals surface area contributed by atoms with Gasteiger partial charge in [-0.1, -0.05) is 17.3 Å². The highest BCUT2D eigenvalue weighted by Gasteiger charge is 2.05. The summed E-state index contributed by atoms with van der Waals surface area (Å²) in [4.78, 5) is 4.20. The molecule has 0 aliphatic carbocycles. The zero-order valence-electron chi connectivity index (χ0n) is 8.37. The number of benzene rings is 1. The van der Waals surface area contributed by atoms with Crippen LogP contribution < -0.4 is 5.73 Å². The fourth-order valence-corrected chi connectivity index (χ4v) is 2.14. The van der Waals surface area contributed by atoms with Crippen molar-refractivity contribution in [1.29, 1.82) is 0 Å². The molecule has 0 aliphatic rings. The number of nitrogens with zero attached hydrogens (tertiary/aromatic N) is 4. The second-order valence-electron chi connectivity index (χ2n) is 3.41. The van der Waals surface area contributed by atoms with Crippen LogP contribution in [0.3, 0.4) is 0 Å². The maximum Gasteiger partial charge on any atom is 0.180 e. The van der Waals surface area contributed by atoms with E-state index in [2.05, 4.69) is 15.3 Å². The van der Waals surface area contributed by atoms with Crippen LogP contribution in [0.15, 0.2) is 29.6 Å². The lowest BCUT2D eigenvalue weighted by Gasteiger charge is -1.97. The van der Waals surface area contributed by atoms with Crippen LogP contribution in [-0.4, -0.2) is 20.0 Å². The Labute approximate surface area is 95.5 Å². The molecule has 0 radical (unpaired) electrons. The normalized spacial score (nSPS) is 11.0. The van der Waals surface area contributed by atoms with Crippen molar-refractivity contribution in [2.75, 3.05) is 5.73 Å². The summed E-state index contributed by atoms with van der Waals surface area (Å²) in [5.74, 6) is 0. The third-order valence-corrected chi connectivity index (χ3v) is 3.02. The molecule has 0 amide bonds. The third-order valence-electron chi connectivity index (χ3n) is 2.30. The minimum atomic E-state index is 0.583. The van der Waals surface area contributed by atoms with E-state index in [1.807, 2.05) is 34.3 Å². The van der Waals surface area contributed by atoms with E-state index in [0.29, 0.717) is 11.7 Å². The summed E-state index contributed by atoms with van der Waals surface area (Å²) in [6.45, 7) is 0.605. The van der Waals surface area contributed by atoms with E-state index in [0.717, 1.165) is 16.7 Å². The molecule has 2 aromatic heterocycles. The van der Waals surface area contributed by atoms with Crippen LogP contribution in [-0.2, 0) is 6.54 Å². The Kier molecular flexibility index (Phi) is 2.07. The first-order valence-electron chi connectivity index (χ1n) is 4.81. The molecule has 2 heterocycles. The van der Waals surface area contributed by atoms with Gasteiger partial charge in [0, 0.05) is 5.38 Å². The summed E-state index contributed by atoms with van der Waals surface area (Å²) < 4.78 is 1.82. The minimum Gasteiger partial charge on any atom is -0.375 e. The Balaban J connectivity index is 2.00. The van der Waals surface area contributed by atoms with Crippen molar-refractivity contribution in [3.8, 4) is 0 Å². The lowest BCUT2D eigenvalue weighted by Crippen LogP contribution is -2.02. The fourth-order valence-electron chi connectivity index (χ4n) is 1.58. The number of rotatable bonds is 2. The molecule has 0 fully saturated rings. The zero-order valence-corrected chi connectivity index (χ0v) is 9.18. The smallest absolute Gasteiger partial charge is 0.180 e. The second kappa shape index (κ2) is 3.57. The van der Waals surface area contributed by atoms with Crippen molar-refractivity contribution in [2.24, 2.45) is 0 Å². The van der Waals surface area contributed by atoms with Gasteiger partial charge in [-0.2, -0.15) is 0 Å². The number of nitrogen functional groups attached to an aromatic ring is 1. The predicted octanol–water partition coefficient (Wildman–Crippen LogP) is 1.52. The highest BCUT2D eigenvalue weighted by Crippen LogP contribution is 2.15. The molecule has 1 aromatic carbocycles. The van der Waals surface area contributed by atoms with E-state index in [1.54, 1.807) is 0 Å². The van der Waals surface area contributed by atoms with Crippen LogP contribution in [0.5, 0.6) is 0 Å². The molecule has 0 saturated carbocycles. The molecule has 16 heavy (non-hydrogen) atoms. The molecule has 2 N–H and O–H groups in total. The molecule has 0 unspecified atom stereocenters. The van der Waals surface area contributed by atoms with E-state index in [4.69, 9.17) is 5.73 Å². The van der Waals surface area contributed by atoms with Gasteiger partial charge >= 0.3 is 0 Å². The van der Waals surface area contributed by atoms with Crippen LogP contribution in [0, 0.1) is 0 Å². The van der Waals surface area contributed by atoms with Crippen LogP contribution in [0.4, 0.5) is 5.13 Å². The molecular formula is C10H9N5S. The quantitative estimate of drug-likeness (QED) is 0.726. The number of anilines is 1. The largest absolute Gasteiger partial charge is 0.375 e. The van der Waals surface area contributed by atoms with Gasteiger partial charge in [0.1, 0.15) is 5.52 Å². The van der Waals surface area contributed by atoms with Gasteiger partial charge in [0.05, 0.1) is 17.8 Å². The number of aromatic nitrogens is 4. The van der Waals surface area contributed by atoms with Gasteiger partial charge in [-0.05, 0) is 12.1 Å². The van der Waals surface area contributed by atoms with Gasteiger partial charge in [-0.25, -0.2) is 9.67 Å². The molecule has 0 bridgehead atoms. The summed E-state index contributed by atoms with van der Waals surface area (Å²) in [5, 5.41) is 10.7. The first kappa shape index (κ1) is 9.29. The van der Waals surface area contributed by atoms with E-state index < -0.39 is 0 Å². The first-order valence-corrected chi connectivity index (χ1v) is 5.69. The maximum atomic E-state index is 5.58. The van der Waals surface area contributed by atoms with Crippen LogP contribution in [0.2, 0.25) is 0 Å². The van der Waals surface area contributed by atoms with Crippen molar-refractivity contribution in [1.82, 2.24) is 20.0 Å². The Morgan fingerprint density at radius 2 is 2.19 bits per heavy atom. The summed E-state index contributed by atoms with van der Waals surface area (Å²) in [6.07, 6.45) is 0. The first-order chi connectivity index (χ1) is 7.83. The SMILES string of the molecule is Nc1nc(Cn2nnc3ccccc32)cs1. The fraction of sp³-hybridized carbons (Fsp3) is 0.100. The van der Waals surface area contributed by atoms with Crippen LogP contribution in [0.25, 0.3) is 11.0 Å². The van der Waals surface area contributed by atoms with Crippen molar-refractivity contribution in [2.45, 2.75) is 6.54 Å². The molecule has 3 rings (SSSR count).